The number of carbonyl (C=O) groups is 1. The van der Waals surface area contributed by atoms with Crippen LogP contribution in [0.15, 0.2) is 18.2 Å². The van der Waals surface area contributed by atoms with E-state index in [1.807, 2.05) is 19.1 Å². The highest BCUT2D eigenvalue weighted by Gasteiger charge is 2.07. The minimum absolute atomic E-state index is 0.0288. The van der Waals surface area contributed by atoms with Gasteiger partial charge in [-0.1, -0.05) is 18.1 Å². The number of hydrogen-bond acceptors (Lipinski definition) is 1. The first-order valence-electron chi connectivity index (χ1n) is 3.74. The van der Waals surface area contributed by atoms with Gasteiger partial charge in [0.25, 0.3) is 0 Å². The van der Waals surface area contributed by atoms with Crippen molar-refractivity contribution in [2.45, 2.75) is 13.8 Å². The molecule has 1 rings (SSSR count). The maximum atomic E-state index is 11.2. The first kappa shape index (κ1) is 8.55. The predicted octanol–water partition coefficient (Wildman–Crippen LogP) is 2.18. The average Bonchev–Trinajstić information content (AvgIpc) is 2.03. The molecule has 0 unspecified atom stereocenters. The molecule has 0 spiro atoms. The Morgan fingerprint density at radius 3 is 2.58 bits per heavy atom. The van der Waals surface area contributed by atoms with Gasteiger partial charge in [-0.15, -0.1) is 6.42 Å². The second kappa shape index (κ2) is 3.23. The fourth-order valence-electron chi connectivity index (χ4n) is 1.26. The van der Waals surface area contributed by atoms with Gasteiger partial charge in [0.2, 0.25) is 0 Å². The van der Waals surface area contributed by atoms with Crippen LogP contribution in [0, 0.1) is 19.3 Å². The monoisotopic (exact) mass is 158 g/mol. The summed E-state index contributed by atoms with van der Waals surface area (Å²) in [5.74, 6) is 2.53. The van der Waals surface area contributed by atoms with Crippen molar-refractivity contribution >= 4 is 5.78 Å². The molecule has 12 heavy (non-hydrogen) atoms. The SMILES string of the molecule is C#Cc1cccc(C)c1C(C)=O. The highest BCUT2D eigenvalue weighted by atomic mass is 16.1. The molecular formula is C11H10O. The van der Waals surface area contributed by atoms with Gasteiger partial charge in [0, 0.05) is 11.1 Å². The summed E-state index contributed by atoms with van der Waals surface area (Å²) >= 11 is 0. The Labute approximate surface area is 72.4 Å². The van der Waals surface area contributed by atoms with Gasteiger partial charge >= 0.3 is 0 Å². The lowest BCUT2D eigenvalue weighted by atomic mass is 9.99. The number of benzene rings is 1. The number of terminal acetylenes is 1. The van der Waals surface area contributed by atoms with Gasteiger partial charge in [0.05, 0.1) is 0 Å². The minimum atomic E-state index is 0.0288. The molecule has 0 aromatic heterocycles. The molecule has 0 bridgehead atoms. The lowest BCUT2D eigenvalue weighted by Gasteiger charge is -2.03. The Hall–Kier alpha value is -1.55. The van der Waals surface area contributed by atoms with E-state index in [1.54, 1.807) is 6.07 Å². The first-order valence-corrected chi connectivity index (χ1v) is 3.74. The summed E-state index contributed by atoms with van der Waals surface area (Å²) in [6.45, 7) is 3.42. The smallest absolute Gasteiger partial charge is 0.161 e. The fourth-order valence-corrected chi connectivity index (χ4v) is 1.26. The van der Waals surface area contributed by atoms with Crippen LogP contribution in [0.4, 0.5) is 0 Å². The normalized spacial score (nSPS) is 9.08. The number of ketones is 1. The zero-order valence-electron chi connectivity index (χ0n) is 7.22. The number of Topliss-reactive ketones (excluding diaryl/α,β-unsaturated/α-hetero) is 1. The standard InChI is InChI=1S/C11H10O/c1-4-10-7-5-6-8(2)11(10)9(3)12/h1,5-7H,2-3H3. The van der Waals surface area contributed by atoms with Crippen molar-refractivity contribution in [1.29, 1.82) is 0 Å². The van der Waals surface area contributed by atoms with E-state index < -0.39 is 0 Å². The van der Waals surface area contributed by atoms with E-state index in [2.05, 4.69) is 5.92 Å². The number of carbonyl (C=O) groups excluding carboxylic acids is 1. The molecular weight excluding hydrogens is 148 g/mol. The average molecular weight is 158 g/mol. The quantitative estimate of drug-likeness (QED) is 0.452. The molecule has 0 fully saturated rings. The van der Waals surface area contributed by atoms with Crippen LogP contribution in [0.5, 0.6) is 0 Å². The molecule has 0 aliphatic rings. The Bertz CT molecular complexity index is 356. The Kier molecular flexibility index (Phi) is 2.30. The van der Waals surface area contributed by atoms with Crippen LogP contribution in [0.2, 0.25) is 0 Å². The lowest BCUT2D eigenvalue weighted by molar-refractivity contribution is 0.101. The van der Waals surface area contributed by atoms with Gasteiger partial charge in [0.15, 0.2) is 5.78 Å². The van der Waals surface area contributed by atoms with Crippen molar-refractivity contribution in [2.24, 2.45) is 0 Å². The lowest BCUT2D eigenvalue weighted by Crippen LogP contribution is -1.99. The molecule has 0 atom stereocenters. The molecule has 0 aliphatic carbocycles. The van der Waals surface area contributed by atoms with Crippen molar-refractivity contribution in [2.75, 3.05) is 0 Å². The van der Waals surface area contributed by atoms with E-state index in [0.717, 1.165) is 5.56 Å². The van der Waals surface area contributed by atoms with Gasteiger partial charge in [-0.3, -0.25) is 4.79 Å². The Morgan fingerprint density at radius 2 is 2.17 bits per heavy atom. The maximum Gasteiger partial charge on any atom is 0.161 e. The van der Waals surface area contributed by atoms with Crippen molar-refractivity contribution in [3.05, 3.63) is 34.9 Å². The summed E-state index contributed by atoms with van der Waals surface area (Å²) in [6.07, 6.45) is 5.26. The van der Waals surface area contributed by atoms with Crippen LogP contribution in [0.3, 0.4) is 0 Å². The number of rotatable bonds is 1. The van der Waals surface area contributed by atoms with Gasteiger partial charge in [-0.2, -0.15) is 0 Å². The van der Waals surface area contributed by atoms with Crippen LogP contribution in [0.1, 0.15) is 28.4 Å². The zero-order valence-corrected chi connectivity index (χ0v) is 7.22. The topological polar surface area (TPSA) is 17.1 Å². The summed E-state index contributed by atoms with van der Waals surface area (Å²) < 4.78 is 0. The van der Waals surface area contributed by atoms with Crippen molar-refractivity contribution < 1.29 is 4.79 Å². The molecule has 0 amide bonds. The molecule has 0 heterocycles. The molecule has 0 aliphatic heterocycles. The number of aryl methyl sites for hydroxylation is 1. The van der Waals surface area contributed by atoms with E-state index in [9.17, 15) is 4.79 Å². The molecule has 0 N–H and O–H groups in total. The summed E-state index contributed by atoms with van der Waals surface area (Å²) in [5, 5.41) is 0. The third-order valence-corrected chi connectivity index (χ3v) is 1.78. The van der Waals surface area contributed by atoms with E-state index >= 15 is 0 Å². The molecule has 0 radical (unpaired) electrons. The van der Waals surface area contributed by atoms with Crippen LogP contribution in [-0.2, 0) is 0 Å². The summed E-state index contributed by atoms with van der Waals surface area (Å²) in [6, 6.07) is 5.53. The van der Waals surface area contributed by atoms with Crippen molar-refractivity contribution in [3.63, 3.8) is 0 Å². The van der Waals surface area contributed by atoms with Crippen LogP contribution < -0.4 is 0 Å². The first-order chi connectivity index (χ1) is 5.66. The Morgan fingerprint density at radius 1 is 1.50 bits per heavy atom. The van der Waals surface area contributed by atoms with E-state index in [0.29, 0.717) is 11.1 Å². The molecule has 0 saturated heterocycles. The van der Waals surface area contributed by atoms with Gasteiger partial charge < -0.3 is 0 Å². The van der Waals surface area contributed by atoms with E-state index in [4.69, 9.17) is 6.42 Å². The molecule has 0 saturated carbocycles. The highest BCUT2D eigenvalue weighted by molar-refractivity contribution is 5.98. The molecule has 1 heteroatoms. The third kappa shape index (κ3) is 1.38. The summed E-state index contributed by atoms with van der Waals surface area (Å²) in [5.41, 5.74) is 2.29. The fraction of sp³-hybridized carbons (Fsp3) is 0.182. The minimum Gasteiger partial charge on any atom is -0.294 e. The van der Waals surface area contributed by atoms with E-state index in [1.165, 1.54) is 6.92 Å². The molecule has 60 valence electrons. The summed E-state index contributed by atoms with van der Waals surface area (Å²) in [7, 11) is 0. The third-order valence-electron chi connectivity index (χ3n) is 1.78. The second-order valence-electron chi connectivity index (χ2n) is 2.70. The Balaban J connectivity index is 3.42. The van der Waals surface area contributed by atoms with Crippen LogP contribution in [0.25, 0.3) is 0 Å². The van der Waals surface area contributed by atoms with Gasteiger partial charge in [-0.25, -0.2) is 0 Å². The van der Waals surface area contributed by atoms with Crippen molar-refractivity contribution in [1.82, 2.24) is 0 Å². The largest absolute Gasteiger partial charge is 0.294 e. The number of hydrogen-bond donors (Lipinski definition) is 0. The molecule has 1 nitrogen and oxygen atoms in total. The maximum absolute atomic E-state index is 11.2. The van der Waals surface area contributed by atoms with Gasteiger partial charge in [-0.05, 0) is 25.5 Å². The van der Waals surface area contributed by atoms with Crippen LogP contribution >= 0.6 is 0 Å². The van der Waals surface area contributed by atoms with Gasteiger partial charge in [0.1, 0.15) is 0 Å². The molecule has 1 aromatic carbocycles. The highest BCUT2D eigenvalue weighted by Crippen LogP contribution is 2.13. The van der Waals surface area contributed by atoms with E-state index in [-0.39, 0.29) is 5.78 Å². The molecule has 1 aromatic rings. The van der Waals surface area contributed by atoms with Crippen LogP contribution in [-0.4, -0.2) is 5.78 Å². The summed E-state index contributed by atoms with van der Waals surface area (Å²) in [4.78, 5) is 11.2. The predicted molar refractivity (Wildman–Crippen MR) is 49.1 cm³/mol. The van der Waals surface area contributed by atoms with Crippen molar-refractivity contribution in [3.8, 4) is 12.3 Å². The zero-order chi connectivity index (χ0) is 9.14. The second-order valence-corrected chi connectivity index (χ2v) is 2.70.